The summed E-state index contributed by atoms with van der Waals surface area (Å²) in [6.07, 6.45) is 1.98. The molecule has 7 nitrogen and oxygen atoms in total. The lowest BCUT2D eigenvalue weighted by Gasteiger charge is -2.42. The van der Waals surface area contributed by atoms with Gasteiger partial charge in [0, 0.05) is 36.7 Å². The number of pyridine rings is 1. The number of likely N-dealkylation sites (tertiary alicyclic amines) is 1. The van der Waals surface area contributed by atoms with E-state index in [1.807, 2.05) is 11.9 Å². The molecule has 1 aromatic heterocycles. The van der Waals surface area contributed by atoms with E-state index in [2.05, 4.69) is 10.3 Å². The van der Waals surface area contributed by atoms with E-state index in [4.69, 9.17) is 0 Å². The summed E-state index contributed by atoms with van der Waals surface area (Å²) >= 11 is 0. The van der Waals surface area contributed by atoms with Gasteiger partial charge in [0.15, 0.2) is 5.67 Å². The quantitative estimate of drug-likeness (QED) is 0.803. The van der Waals surface area contributed by atoms with Crippen molar-refractivity contribution in [2.45, 2.75) is 24.6 Å². The molecule has 4 heterocycles. The molecule has 0 bridgehead atoms. The molecule has 1 N–H and O–H groups in total. The lowest BCUT2D eigenvalue weighted by molar-refractivity contribution is -0.134. The molecule has 1 aromatic carbocycles. The number of halogens is 1. The van der Waals surface area contributed by atoms with Crippen molar-refractivity contribution in [2.24, 2.45) is 0 Å². The van der Waals surface area contributed by atoms with E-state index in [-0.39, 0.29) is 37.7 Å². The fourth-order valence-corrected chi connectivity index (χ4v) is 4.45. The maximum absolute atomic E-state index is 15.3. The van der Waals surface area contributed by atoms with Gasteiger partial charge in [-0.15, -0.1) is 0 Å². The van der Waals surface area contributed by atoms with Crippen molar-refractivity contribution in [3.8, 4) is 0 Å². The Balaban J connectivity index is 1.65. The Bertz CT molecular complexity index is 1030. The van der Waals surface area contributed by atoms with Crippen molar-refractivity contribution >= 4 is 34.3 Å². The number of carbonyl (C=O) groups excluding carboxylic acids is 3. The molecular weight excluding hydrogens is 351 g/mol. The first-order valence-electron chi connectivity index (χ1n) is 8.86. The number of imide groups is 1. The molecule has 0 radical (unpaired) electrons. The molecule has 0 aliphatic carbocycles. The van der Waals surface area contributed by atoms with E-state index in [0.29, 0.717) is 27.7 Å². The van der Waals surface area contributed by atoms with Crippen LogP contribution in [0.25, 0.3) is 10.9 Å². The van der Waals surface area contributed by atoms with Gasteiger partial charge in [-0.05, 0) is 25.6 Å². The normalized spacial score (nSPS) is 24.3. The predicted molar refractivity (Wildman–Crippen MR) is 95.0 cm³/mol. The zero-order chi connectivity index (χ0) is 18.9. The van der Waals surface area contributed by atoms with Crippen molar-refractivity contribution in [3.63, 3.8) is 0 Å². The Labute approximate surface area is 154 Å². The summed E-state index contributed by atoms with van der Waals surface area (Å²) in [6, 6.07) is 4.16. The molecule has 138 valence electrons. The Morgan fingerprint density at radius 1 is 1.22 bits per heavy atom. The molecule has 1 atom stereocenters. The van der Waals surface area contributed by atoms with Gasteiger partial charge in [0.1, 0.15) is 6.04 Å². The number of nitrogens with one attached hydrogen (secondary N) is 1. The summed E-state index contributed by atoms with van der Waals surface area (Å²) in [7, 11) is 1.85. The van der Waals surface area contributed by atoms with Crippen LogP contribution >= 0.6 is 0 Å². The number of carbonyl (C=O) groups is 3. The molecule has 3 amide bonds. The summed E-state index contributed by atoms with van der Waals surface area (Å²) in [5.74, 6) is -1.14. The summed E-state index contributed by atoms with van der Waals surface area (Å²) in [5.41, 5.74) is 0.401. The minimum atomic E-state index is -1.50. The standard InChI is InChI=1S/C19H17FN4O3/c1-23-8-19(20,9-23)11-3-2-10-15-12(6-7-21-16(11)15)24(18(10)27)13-4-5-14(25)22-17(13)26/h2-3,6-7,13H,4-5,8-9H2,1H3,(H,22,25,26). The first-order chi connectivity index (χ1) is 12.9. The van der Waals surface area contributed by atoms with E-state index in [1.165, 1.54) is 11.1 Å². The number of aromatic nitrogens is 1. The number of alkyl halides is 1. The average molecular weight is 368 g/mol. The van der Waals surface area contributed by atoms with Gasteiger partial charge in [-0.25, -0.2) is 4.39 Å². The molecule has 0 saturated carbocycles. The van der Waals surface area contributed by atoms with Crippen LogP contribution in [0.5, 0.6) is 0 Å². The van der Waals surface area contributed by atoms with Crippen LogP contribution < -0.4 is 10.2 Å². The topological polar surface area (TPSA) is 82.6 Å². The highest BCUT2D eigenvalue weighted by Gasteiger charge is 2.47. The highest BCUT2D eigenvalue weighted by atomic mass is 19.1. The van der Waals surface area contributed by atoms with E-state index >= 15 is 4.39 Å². The summed E-state index contributed by atoms with van der Waals surface area (Å²) < 4.78 is 15.3. The van der Waals surface area contributed by atoms with Crippen LogP contribution in [-0.4, -0.2) is 53.8 Å². The van der Waals surface area contributed by atoms with Crippen molar-refractivity contribution in [1.82, 2.24) is 15.2 Å². The van der Waals surface area contributed by atoms with Crippen LogP contribution in [0, 0.1) is 0 Å². The highest BCUT2D eigenvalue weighted by Crippen LogP contribution is 2.44. The van der Waals surface area contributed by atoms with Crippen LogP contribution in [0.1, 0.15) is 28.8 Å². The highest BCUT2D eigenvalue weighted by molar-refractivity contribution is 6.27. The van der Waals surface area contributed by atoms with Gasteiger partial charge in [0.2, 0.25) is 11.8 Å². The van der Waals surface area contributed by atoms with E-state index in [0.717, 1.165) is 0 Å². The zero-order valence-corrected chi connectivity index (χ0v) is 14.7. The maximum atomic E-state index is 15.3. The third-order valence-electron chi connectivity index (χ3n) is 5.62. The molecule has 0 spiro atoms. The second-order valence-electron chi connectivity index (χ2n) is 7.49. The smallest absolute Gasteiger partial charge is 0.259 e. The van der Waals surface area contributed by atoms with Crippen molar-refractivity contribution < 1.29 is 18.8 Å². The van der Waals surface area contributed by atoms with Gasteiger partial charge in [0.25, 0.3) is 5.91 Å². The first-order valence-corrected chi connectivity index (χ1v) is 8.86. The number of anilines is 1. The molecule has 3 aliphatic heterocycles. The minimum Gasteiger partial charge on any atom is -0.299 e. The van der Waals surface area contributed by atoms with Crippen molar-refractivity contribution in [3.05, 3.63) is 35.5 Å². The summed E-state index contributed by atoms with van der Waals surface area (Å²) in [6.45, 7) is 0.552. The maximum Gasteiger partial charge on any atom is 0.259 e. The Kier molecular flexibility index (Phi) is 3.22. The van der Waals surface area contributed by atoms with Gasteiger partial charge in [0.05, 0.1) is 16.8 Å². The minimum absolute atomic E-state index is 0.177. The first kappa shape index (κ1) is 16.3. The third-order valence-corrected chi connectivity index (χ3v) is 5.62. The number of piperidine rings is 1. The SMILES string of the molecule is CN1CC(F)(c2ccc3c4c(ccnc24)N(C2CCC(=O)NC2=O)C3=O)C1. The molecule has 8 heteroatoms. The van der Waals surface area contributed by atoms with Gasteiger partial charge in [-0.1, -0.05) is 6.07 Å². The summed E-state index contributed by atoms with van der Waals surface area (Å²) in [4.78, 5) is 44.5. The van der Waals surface area contributed by atoms with E-state index in [1.54, 1.807) is 18.2 Å². The molecule has 5 rings (SSSR count). The Morgan fingerprint density at radius 2 is 2.00 bits per heavy atom. The second kappa shape index (κ2) is 5.32. The van der Waals surface area contributed by atoms with Crippen LogP contribution in [0.4, 0.5) is 10.1 Å². The van der Waals surface area contributed by atoms with Crippen LogP contribution in [-0.2, 0) is 15.3 Å². The monoisotopic (exact) mass is 368 g/mol. The van der Waals surface area contributed by atoms with Crippen molar-refractivity contribution in [1.29, 1.82) is 0 Å². The average Bonchev–Trinajstić information content (AvgIpc) is 2.88. The molecule has 2 fully saturated rings. The van der Waals surface area contributed by atoms with Gasteiger partial charge in [-0.2, -0.15) is 0 Å². The number of rotatable bonds is 2. The molecule has 3 aliphatic rings. The predicted octanol–water partition coefficient (Wildman–Crippen LogP) is 1.11. The molecule has 1 unspecified atom stereocenters. The fraction of sp³-hybridized carbons (Fsp3) is 0.368. The lowest BCUT2D eigenvalue weighted by Crippen LogP contribution is -2.54. The fourth-order valence-electron chi connectivity index (χ4n) is 4.45. The Morgan fingerprint density at radius 3 is 2.70 bits per heavy atom. The van der Waals surface area contributed by atoms with Crippen LogP contribution in [0.3, 0.4) is 0 Å². The number of nitrogens with zero attached hydrogens (tertiary/aromatic N) is 3. The second-order valence-corrected chi connectivity index (χ2v) is 7.49. The lowest BCUT2D eigenvalue weighted by atomic mass is 9.86. The molecular formula is C19H17FN4O3. The van der Waals surface area contributed by atoms with E-state index in [9.17, 15) is 14.4 Å². The number of amides is 3. The number of benzene rings is 1. The molecule has 2 aromatic rings. The number of hydrogen-bond donors (Lipinski definition) is 1. The van der Waals surface area contributed by atoms with Gasteiger partial charge in [-0.3, -0.25) is 34.5 Å². The van der Waals surface area contributed by atoms with Crippen LogP contribution in [0.2, 0.25) is 0 Å². The van der Waals surface area contributed by atoms with E-state index < -0.39 is 17.6 Å². The van der Waals surface area contributed by atoms with Crippen molar-refractivity contribution in [2.75, 3.05) is 25.0 Å². The number of likely N-dealkylation sites (N-methyl/N-ethyl adjacent to an activating group) is 1. The third kappa shape index (κ3) is 2.16. The van der Waals surface area contributed by atoms with Gasteiger partial charge >= 0.3 is 0 Å². The van der Waals surface area contributed by atoms with Gasteiger partial charge < -0.3 is 0 Å². The largest absolute Gasteiger partial charge is 0.299 e. The molecule has 27 heavy (non-hydrogen) atoms. The molecule has 2 saturated heterocycles. The summed E-state index contributed by atoms with van der Waals surface area (Å²) in [5, 5.41) is 2.87. The Hall–Kier alpha value is -2.87. The number of hydrogen-bond acceptors (Lipinski definition) is 5. The zero-order valence-electron chi connectivity index (χ0n) is 14.7. The van der Waals surface area contributed by atoms with Crippen LogP contribution in [0.15, 0.2) is 24.4 Å².